The average molecular weight is 299 g/mol. The predicted octanol–water partition coefficient (Wildman–Crippen LogP) is 2.64. The first-order valence-corrected chi connectivity index (χ1v) is 7.88. The maximum atomic E-state index is 12.1. The van der Waals surface area contributed by atoms with Crippen LogP contribution in [-0.4, -0.2) is 42.7 Å². The van der Waals surface area contributed by atoms with Gasteiger partial charge in [0.2, 0.25) is 5.91 Å². The molecule has 1 atom stereocenters. The first-order valence-electron chi connectivity index (χ1n) is 6.52. The molecule has 0 bridgehead atoms. The van der Waals surface area contributed by atoms with Gasteiger partial charge in [0.1, 0.15) is 0 Å². The van der Waals surface area contributed by atoms with Crippen LogP contribution in [0, 0.1) is 0 Å². The monoisotopic (exact) mass is 298 g/mol. The molecule has 1 saturated heterocycles. The highest BCUT2D eigenvalue weighted by Crippen LogP contribution is 2.27. The lowest BCUT2D eigenvalue weighted by Crippen LogP contribution is -2.38. The molecular formula is C14H19ClN2OS. The van der Waals surface area contributed by atoms with Crippen molar-refractivity contribution in [3.63, 3.8) is 0 Å². The summed E-state index contributed by atoms with van der Waals surface area (Å²) >= 11 is 7.72. The van der Waals surface area contributed by atoms with E-state index in [1.54, 1.807) is 11.8 Å². The molecule has 0 radical (unpaired) electrons. The molecule has 104 valence electrons. The maximum Gasteiger partial charge on any atom is 0.223 e. The molecule has 0 aliphatic carbocycles. The zero-order chi connectivity index (χ0) is 13.7. The van der Waals surface area contributed by atoms with Gasteiger partial charge in [-0.15, -0.1) is 11.8 Å². The molecule has 0 aromatic heterocycles. The molecule has 1 fully saturated rings. The first-order chi connectivity index (χ1) is 9.18. The number of nitrogens with zero attached hydrogens (tertiary/aromatic N) is 1. The number of benzene rings is 1. The van der Waals surface area contributed by atoms with E-state index in [1.165, 1.54) is 0 Å². The van der Waals surface area contributed by atoms with E-state index in [4.69, 9.17) is 11.6 Å². The summed E-state index contributed by atoms with van der Waals surface area (Å²) in [5.41, 5.74) is 0. The smallest absolute Gasteiger partial charge is 0.223 e. The van der Waals surface area contributed by atoms with Crippen LogP contribution in [0.3, 0.4) is 0 Å². The molecular weight excluding hydrogens is 280 g/mol. The molecule has 1 aliphatic heterocycles. The van der Waals surface area contributed by atoms with Crippen molar-refractivity contribution in [1.82, 2.24) is 10.2 Å². The summed E-state index contributed by atoms with van der Waals surface area (Å²) < 4.78 is 0. The third-order valence-corrected chi connectivity index (χ3v) is 4.90. The van der Waals surface area contributed by atoms with E-state index in [2.05, 4.69) is 5.32 Å². The van der Waals surface area contributed by atoms with E-state index in [9.17, 15) is 4.79 Å². The maximum absolute atomic E-state index is 12.1. The lowest BCUT2D eigenvalue weighted by Gasteiger charge is -2.23. The van der Waals surface area contributed by atoms with Gasteiger partial charge in [0.05, 0.1) is 5.02 Å². The molecule has 1 aromatic rings. The standard InChI is InChI=1S/C14H19ClN2OS/c1-17(11-6-8-16-10-11)14(18)7-9-19-13-5-3-2-4-12(13)15/h2-5,11,16H,6-10H2,1H3. The Balaban J connectivity index is 1.76. The predicted molar refractivity (Wildman–Crippen MR) is 80.8 cm³/mol. The van der Waals surface area contributed by atoms with Crippen LogP contribution in [0.1, 0.15) is 12.8 Å². The summed E-state index contributed by atoms with van der Waals surface area (Å²) in [7, 11) is 1.90. The number of nitrogens with one attached hydrogen (secondary N) is 1. The number of amides is 1. The van der Waals surface area contributed by atoms with Gasteiger partial charge in [-0.05, 0) is 25.1 Å². The van der Waals surface area contributed by atoms with E-state index >= 15 is 0 Å². The van der Waals surface area contributed by atoms with Crippen LogP contribution in [-0.2, 0) is 4.79 Å². The summed E-state index contributed by atoms with van der Waals surface area (Å²) in [5.74, 6) is 0.987. The number of carbonyl (C=O) groups is 1. The van der Waals surface area contributed by atoms with Gasteiger partial charge >= 0.3 is 0 Å². The highest BCUT2D eigenvalue weighted by Gasteiger charge is 2.22. The number of likely N-dealkylation sites (N-methyl/N-ethyl adjacent to an activating group) is 1. The second kappa shape index (κ2) is 7.17. The molecule has 1 aliphatic rings. The van der Waals surface area contributed by atoms with Crippen LogP contribution in [0.25, 0.3) is 0 Å². The summed E-state index contributed by atoms with van der Waals surface area (Å²) in [4.78, 5) is 15.0. The van der Waals surface area contributed by atoms with E-state index in [-0.39, 0.29) is 5.91 Å². The zero-order valence-corrected chi connectivity index (χ0v) is 12.6. The Labute approximate surface area is 123 Å². The quantitative estimate of drug-likeness (QED) is 0.848. The number of rotatable bonds is 5. The lowest BCUT2D eigenvalue weighted by molar-refractivity contribution is -0.131. The van der Waals surface area contributed by atoms with Gasteiger partial charge in [-0.2, -0.15) is 0 Å². The fraction of sp³-hybridized carbons (Fsp3) is 0.500. The molecule has 2 rings (SSSR count). The second-order valence-electron chi connectivity index (χ2n) is 4.68. The minimum absolute atomic E-state index is 0.216. The van der Waals surface area contributed by atoms with Gasteiger partial charge in [0.15, 0.2) is 0 Å². The van der Waals surface area contributed by atoms with Crippen molar-refractivity contribution in [2.24, 2.45) is 0 Å². The normalized spacial score (nSPS) is 18.5. The highest BCUT2D eigenvalue weighted by molar-refractivity contribution is 7.99. The number of halogens is 1. The van der Waals surface area contributed by atoms with Gasteiger partial charge in [-0.25, -0.2) is 0 Å². The molecule has 1 N–H and O–H groups in total. The SMILES string of the molecule is CN(C(=O)CCSc1ccccc1Cl)C1CCNC1. The lowest BCUT2D eigenvalue weighted by atomic mass is 10.2. The fourth-order valence-electron chi connectivity index (χ4n) is 2.16. The number of carbonyl (C=O) groups excluding carboxylic acids is 1. The van der Waals surface area contributed by atoms with Gasteiger partial charge < -0.3 is 10.2 Å². The molecule has 0 spiro atoms. The molecule has 5 heteroatoms. The largest absolute Gasteiger partial charge is 0.341 e. The Bertz CT molecular complexity index is 435. The van der Waals surface area contributed by atoms with Crippen LogP contribution < -0.4 is 5.32 Å². The van der Waals surface area contributed by atoms with Crippen LogP contribution in [0.15, 0.2) is 29.2 Å². The van der Waals surface area contributed by atoms with Crippen molar-refractivity contribution in [3.8, 4) is 0 Å². The third kappa shape index (κ3) is 4.13. The Morgan fingerprint density at radius 3 is 3.00 bits per heavy atom. The summed E-state index contributed by atoms with van der Waals surface area (Å²) in [6, 6.07) is 8.10. The fourth-order valence-corrected chi connectivity index (χ4v) is 3.34. The number of hydrogen-bond donors (Lipinski definition) is 1. The van der Waals surface area contributed by atoms with Gasteiger partial charge in [-0.3, -0.25) is 4.79 Å². The van der Waals surface area contributed by atoms with E-state index < -0.39 is 0 Å². The van der Waals surface area contributed by atoms with Crippen molar-refractivity contribution < 1.29 is 4.79 Å². The Morgan fingerprint density at radius 2 is 2.32 bits per heavy atom. The first kappa shape index (κ1) is 14.7. The molecule has 1 heterocycles. The third-order valence-electron chi connectivity index (χ3n) is 3.39. The molecule has 19 heavy (non-hydrogen) atoms. The Hall–Kier alpha value is -0.710. The number of hydrogen-bond acceptors (Lipinski definition) is 3. The summed E-state index contributed by atoms with van der Waals surface area (Å²) in [6.45, 7) is 1.93. The van der Waals surface area contributed by atoms with Crippen LogP contribution in [0.5, 0.6) is 0 Å². The second-order valence-corrected chi connectivity index (χ2v) is 6.22. The number of thioether (sulfide) groups is 1. The molecule has 1 amide bonds. The van der Waals surface area contributed by atoms with Crippen LogP contribution >= 0.6 is 23.4 Å². The van der Waals surface area contributed by atoms with Crippen LogP contribution in [0.4, 0.5) is 0 Å². The zero-order valence-electron chi connectivity index (χ0n) is 11.1. The minimum atomic E-state index is 0.216. The van der Waals surface area contributed by atoms with Gasteiger partial charge in [0.25, 0.3) is 0 Å². The van der Waals surface area contributed by atoms with Crippen molar-refractivity contribution in [3.05, 3.63) is 29.3 Å². The molecule has 1 unspecified atom stereocenters. The Kier molecular flexibility index (Phi) is 5.55. The van der Waals surface area contributed by atoms with Crippen LogP contribution in [0.2, 0.25) is 5.02 Å². The van der Waals surface area contributed by atoms with Crippen molar-refractivity contribution in [1.29, 1.82) is 0 Å². The minimum Gasteiger partial charge on any atom is -0.341 e. The van der Waals surface area contributed by atoms with Crippen molar-refractivity contribution >= 4 is 29.3 Å². The van der Waals surface area contributed by atoms with Gasteiger partial charge in [0, 0.05) is 36.7 Å². The van der Waals surface area contributed by atoms with E-state index in [1.807, 2.05) is 36.2 Å². The van der Waals surface area contributed by atoms with E-state index in [0.29, 0.717) is 12.5 Å². The Morgan fingerprint density at radius 1 is 1.53 bits per heavy atom. The van der Waals surface area contributed by atoms with Crippen molar-refractivity contribution in [2.45, 2.75) is 23.8 Å². The molecule has 1 aromatic carbocycles. The summed E-state index contributed by atoms with van der Waals surface area (Å²) in [6.07, 6.45) is 1.61. The highest BCUT2D eigenvalue weighted by atomic mass is 35.5. The molecule has 3 nitrogen and oxygen atoms in total. The topological polar surface area (TPSA) is 32.3 Å². The summed E-state index contributed by atoms with van der Waals surface area (Å²) in [5, 5.41) is 4.04. The van der Waals surface area contributed by atoms with Crippen molar-refractivity contribution in [2.75, 3.05) is 25.9 Å². The average Bonchev–Trinajstić information content (AvgIpc) is 2.94. The molecule has 0 saturated carbocycles. The van der Waals surface area contributed by atoms with Gasteiger partial charge in [-0.1, -0.05) is 23.7 Å². The van der Waals surface area contributed by atoms with E-state index in [0.717, 1.165) is 35.2 Å².